The molecule has 138 valence electrons. The number of aromatic amines is 1. The predicted molar refractivity (Wildman–Crippen MR) is 109 cm³/mol. The molecule has 3 heterocycles. The van der Waals surface area contributed by atoms with Gasteiger partial charge in [-0.15, -0.1) is 0 Å². The molecule has 0 amide bonds. The number of aryl methyl sites for hydroxylation is 2. The highest BCUT2D eigenvalue weighted by Gasteiger charge is 2.25. The van der Waals surface area contributed by atoms with Crippen molar-refractivity contribution in [3.05, 3.63) is 70.0 Å². The molecule has 3 aromatic heterocycles. The first kappa shape index (κ1) is 16.3. The number of rotatable bonds is 2. The summed E-state index contributed by atoms with van der Waals surface area (Å²) in [7, 11) is 0. The Morgan fingerprint density at radius 3 is 2.68 bits per heavy atom. The molecular formula is C21H17N5O2. The van der Waals surface area contributed by atoms with Crippen LogP contribution in [0.4, 0.5) is 5.82 Å². The van der Waals surface area contributed by atoms with Crippen molar-refractivity contribution in [2.24, 2.45) is 0 Å². The molecule has 0 aliphatic heterocycles. The standard InChI is InChI=1S/C21H17N5O2/c1-11-8-9-15-14(10-11)12(2)19(28-15)18-16-17(21(27)24-23-20(16)22)25-26(18)13-6-4-3-5-7-13/h3-10H,1-2H3,(H2,22,23)(H,24,27). The van der Waals surface area contributed by atoms with E-state index in [9.17, 15) is 4.79 Å². The van der Waals surface area contributed by atoms with E-state index in [1.165, 1.54) is 0 Å². The Balaban J connectivity index is 1.95. The average Bonchev–Trinajstić information content (AvgIpc) is 3.25. The number of nitrogens with one attached hydrogen (secondary N) is 1. The van der Waals surface area contributed by atoms with Gasteiger partial charge in [0, 0.05) is 10.9 Å². The summed E-state index contributed by atoms with van der Waals surface area (Å²) < 4.78 is 7.90. The molecule has 0 bridgehead atoms. The van der Waals surface area contributed by atoms with E-state index in [2.05, 4.69) is 21.4 Å². The predicted octanol–water partition coefficient (Wildman–Crippen LogP) is 3.72. The fourth-order valence-electron chi connectivity index (χ4n) is 3.57. The SMILES string of the molecule is Cc1ccc2oc(-c3c4c(N)n[nH]c(=O)c4nn3-c3ccccc3)c(C)c2c1. The molecular weight excluding hydrogens is 354 g/mol. The minimum atomic E-state index is -0.398. The third-order valence-corrected chi connectivity index (χ3v) is 4.94. The van der Waals surface area contributed by atoms with Crippen LogP contribution in [0.15, 0.2) is 57.7 Å². The van der Waals surface area contributed by atoms with Crippen molar-refractivity contribution in [1.29, 1.82) is 0 Å². The van der Waals surface area contributed by atoms with Gasteiger partial charge in [-0.25, -0.2) is 9.78 Å². The van der Waals surface area contributed by atoms with Crippen LogP contribution in [0.5, 0.6) is 0 Å². The molecule has 0 spiro atoms. The second-order valence-corrected chi connectivity index (χ2v) is 6.81. The average molecular weight is 371 g/mol. The molecule has 0 radical (unpaired) electrons. The maximum atomic E-state index is 12.4. The Hall–Kier alpha value is -3.87. The highest BCUT2D eigenvalue weighted by atomic mass is 16.3. The number of nitrogens with zero attached hydrogens (tertiary/aromatic N) is 3. The van der Waals surface area contributed by atoms with Gasteiger partial charge in [0.25, 0.3) is 5.56 Å². The minimum absolute atomic E-state index is 0.197. The molecule has 0 atom stereocenters. The maximum Gasteiger partial charge on any atom is 0.292 e. The molecule has 0 aliphatic rings. The van der Waals surface area contributed by atoms with Gasteiger partial charge in [0.2, 0.25) is 0 Å². The fourth-order valence-corrected chi connectivity index (χ4v) is 3.57. The Bertz CT molecular complexity index is 1410. The lowest BCUT2D eigenvalue weighted by Gasteiger charge is -2.07. The van der Waals surface area contributed by atoms with E-state index in [1.807, 2.05) is 56.3 Å². The quantitative estimate of drug-likeness (QED) is 0.492. The minimum Gasteiger partial charge on any atom is -0.454 e. The molecule has 7 nitrogen and oxygen atoms in total. The summed E-state index contributed by atoms with van der Waals surface area (Å²) >= 11 is 0. The summed E-state index contributed by atoms with van der Waals surface area (Å²) in [5, 5.41) is 12.4. The van der Waals surface area contributed by atoms with Gasteiger partial charge in [-0.05, 0) is 38.1 Å². The van der Waals surface area contributed by atoms with Gasteiger partial charge in [-0.3, -0.25) is 4.79 Å². The molecule has 5 aromatic rings. The lowest BCUT2D eigenvalue weighted by atomic mass is 10.1. The van der Waals surface area contributed by atoms with Gasteiger partial charge < -0.3 is 10.2 Å². The lowest BCUT2D eigenvalue weighted by molar-refractivity contribution is 0.622. The van der Waals surface area contributed by atoms with Gasteiger partial charge in [-0.2, -0.15) is 10.2 Å². The monoisotopic (exact) mass is 371 g/mol. The van der Waals surface area contributed by atoms with Crippen molar-refractivity contribution >= 4 is 27.7 Å². The van der Waals surface area contributed by atoms with Crippen LogP contribution in [0.2, 0.25) is 0 Å². The summed E-state index contributed by atoms with van der Waals surface area (Å²) in [6.45, 7) is 4.03. The van der Waals surface area contributed by atoms with Crippen molar-refractivity contribution < 1.29 is 4.42 Å². The number of aromatic nitrogens is 4. The van der Waals surface area contributed by atoms with E-state index in [0.29, 0.717) is 16.8 Å². The van der Waals surface area contributed by atoms with Crippen LogP contribution in [0, 0.1) is 13.8 Å². The normalized spacial score (nSPS) is 11.5. The van der Waals surface area contributed by atoms with Crippen LogP contribution in [-0.2, 0) is 0 Å². The van der Waals surface area contributed by atoms with Gasteiger partial charge in [0.15, 0.2) is 17.1 Å². The molecule has 0 unspecified atom stereocenters. The van der Waals surface area contributed by atoms with Crippen molar-refractivity contribution in [3.8, 4) is 17.1 Å². The van der Waals surface area contributed by atoms with E-state index in [4.69, 9.17) is 10.2 Å². The number of nitrogens with two attached hydrogens (primary N) is 1. The van der Waals surface area contributed by atoms with Crippen LogP contribution < -0.4 is 11.3 Å². The summed E-state index contributed by atoms with van der Waals surface area (Å²) in [4.78, 5) is 12.4. The molecule has 0 fully saturated rings. The molecule has 0 saturated carbocycles. The lowest BCUT2D eigenvalue weighted by Crippen LogP contribution is -2.10. The van der Waals surface area contributed by atoms with E-state index < -0.39 is 5.56 Å². The van der Waals surface area contributed by atoms with Crippen molar-refractivity contribution in [1.82, 2.24) is 20.0 Å². The van der Waals surface area contributed by atoms with Gasteiger partial charge in [-0.1, -0.05) is 29.8 Å². The second kappa shape index (κ2) is 5.82. The maximum absolute atomic E-state index is 12.4. The molecule has 0 saturated heterocycles. The number of furan rings is 1. The number of nitrogen functional groups attached to an aromatic ring is 1. The Labute approximate surface area is 159 Å². The molecule has 28 heavy (non-hydrogen) atoms. The first-order valence-electron chi connectivity index (χ1n) is 8.87. The topological polar surface area (TPSA) is 103 Å². The first-order chi connectivity index (χ1) is 13.5. The highest BCUT2D eigenvalue weighted by molar-refractivity contribution is 6.02. The first-order valence-corrected chi connectivity index (χ1v) is 8.87. The van der Waals surface area contributed by atoms with Gasteiger partial charge >= 0.3 is 0 Å². The third-order valence-electron chi connectivity index (χ3n) is 4.94. The molecule has 0 aliphatic carbocycles. The van der Waals surface area contributed by atoms with E-state index in [-0.39, 0.29) is 11.3 Å². The number of fused-ring (bicyclic) bond motifs is 2. The molecule has 3 N–H and O–H groups in total. The zero-order valence-electron chi connectivity index (χ0n) is 15.4. The Morgan fingerprint density at radius 1 is 1.11 bits per heavy atom. The number of para-hydroxylation sites is 1. The van der Waals surface area contributed by atoms with E-state index in [0.717, 1.165) is 27.8 Å². The number of benzene rings is 2. The van der Waals surface area contributed by atoms with Crippen LogP contribution >= 0.6 is 0 Å². The number of hydrogen-bond acceptors (Lipinski definition) is 5. The van der Waals surface area contributed by atoms with Gasteiger partial charge in [0.1, 0.15) is 11.3 Å². The van der Waals surface area contributed by atoms with Crippen LogP contribution in [0.1, 0.15) is 11.1 Å². The fraction of sp³-hybridized carbons (Fsp3) is 0.0952. The summed E-state index contributed by atoms with van der Waals surface area (Å²) in [5.74, 6) is 0.814. The summed E-state index contributed by atoms with van der Waals surface area (Å²) in [5.41, 5.74) is 10.2. The highest BCUT2D eigenvalue weighted by Crippen LogP contribution is 2.39. The smallest absolute Gasteiger partial charge is 0.292 e. The number of H-pyrrole nitrogens is 1. The van der Waals surface area contributed by atoms with Crippen molar-refractivity contribution in [3.63, 3.8) is 0 Å². The van der Waals surface area contributed by atoms with Crippen molar-refractivity contribution in [2.45, 2.75) is 13.8 Å². The number of hydrogen-bond donors (Lipinski definition) is 2. The summed E-state index contributed by atoms with van der Waals surface area (Å²) in [6, 6.07) is 15.6. The largest absolute Gasteiger partial charge is 0.454 e. The third kappa shape index (κ3) is 2.26. The Kier molecular flexibility index (Phi) is 3.39. The van der Waals surface area contributed by atoms with Crippen molar-refractivity contribution in [2.75, 3.05) is 5.73 Å². The van der Waals surface area contributed by atoms with Crippen LogP contribution in [0.3, 0.4) is 0 Å². The van der Waals surface area contributed by atoms with Crippen LogP contribution in [0.25, 0.3) is 39.0 Å². The van der Waals surface area contributed by atoms with Crippen LogP contribution in [-0.4, -0.2) is 20.0 Å². The summed E-state index contributed by atoms with van der Waals surface area (Å²) in [6.07, 6.45) is 0. The second-order valence-electron chi connectivity index (χ2n) is 6.81. The van der Waals surface area contributed by atoms with Gasteiger partial charge in [0.05, 0.1) is 11.1 Å². The molecule has 2 aromatic carbocycles. The molecule has 5 rings (SSSR count). The van der Waals surface area contributed by atoms with E-state index in [1.54, 1.807) is 4.68 Å². The number of anilines is 1. The Morgan fingerprint density at radius 2 is 1.89 bits per heavy atom. The zero-order valence-corrected chi connectivity index (χ0v) is 15.4. The zero-order chi connectivity index (χ0) is 19.4. The molecule has 7 heteroatoms. The van der Waals surface area contributed by atoms with E-state index >= 15 is 0 Å².